The van der Waals surface area contributed by atoms with Crippen LogP contribution in [0.25, 0.3) is 11.3 Å². The van der Waals surface area contributed by atoms with E-state index in [0.29, 0.717) is 18.8 Å². The van der Waals surface area contributed by atoms with Crippen molar-refractivity contribution in [2.75, 3.05) is 18.6 Å². The van der Waals surface area contributed by atoms with Gasteiger partial charge in [0.15, 0.2) is 0 Å². The number of fused-ring (bicyclic) bond motifs is 1. The van der Waals surface area contributed by atoms with Crippen molar-refractivity contribution in [1.82, 2.24) is 15.1 Å². The Morgan fingerprint density at radius 2 is 2.20 bits per heavy atom. The van der Waals surface area contributed by atoms with E-state index in [4.69, 9.17) is 9.26 Å². The standard InChI is InChI=1S/C18H17FN4O2/c1-24-10-14-8-17(21-11-20-14)23-6-5-16-15(9-23)18(22-25-16)12-3-2-4-13(19)7-12/h2-4,7-8,11H,5-6,9-10H2,1H3. The number of halogens is 1. The molecule has 0 spiro atoms. The SMILES string of the molecule is COCc1cc(N2CCc3onc(-c4cccc(F)c4)c3C2)ncn1. The summed E-state index contributed by atoms with van der Waals surface area (Å²) in [6, 6.07) is 8.32. The van der Waals surface area contributed by atoms with Crippen LogP contribution < -0.4 is 4.90 Å². The number of hydrogen-bond acceptors (Lipinski definition) is 6. The van der Waals surface area contributed by atoms with Gasteiger partial charge >= 0.3 is 0 Å². The molecule has 6 nitrogen and oxygen atoms in total. The molecule has 1 aliphatic heterocycles. The Bertz CT molecular complexity index is 896. The van der Waals surface area contributed by atoms with Gasteiger partial charge in [-0.3, -0.25) is 0 Å². The van der Waals surface area contributed by atoms with Crippen molar-refractivity contribution >= 4 is 5.82 Å². The van der Waals surface area contributed by atoms with Crippen molar-refractivity contribution in [2.45, 2.75) is 19.6 Å². The topological polar surface area (TPSA) is 64.3 Å². The first-order valence-electron chi connectivity index (χ1n) is 8.03. The van der Waals surface area contributed by atoms with Gasteiger partial charge in [-0.15, -0.1) is 0 Å². The van der Waals surface area contributed by atoms with E-state index in [2.05, 4.69) is 20.0 Å². The summed E-state index contributed by atoms with van der Waals surface area (Å²) in [5, 5.41) is 4.16. The zero-order valence-electron chi connectivity index (χ0n) is 13.8. The lowest BCUT2D eigenvalue weighted by atomic mass is 10.0. The molecule has 3 heterocycles. The first kappa shape index (κ1) is 15.7. The van der Waals surface area contributed by atoms with Crippen LogP contribution in [0.2, 0.25) is 0 Å². The number of anilines is 1. The summed E-state index contributed by atoms with van der Waals surface area (Å²) < 4.78 is 24.2. The molecular weight excluding hydrogens is 323 g/mol. The molecule has 0 atom stereocenters. The van der Waals surface area contributed by atoms with Gasteiger partial charge in [0.05, 0.1) is 18.8 Å². The highest BCUT2D eigenvalue weighted by Gasteiger charge is 2.26. The quantitative estimate of drug-likeness (QED) is 0.727. The fourth-order valence-corrected chi connectivity index (χ4v) is 3.05. The third-order valence-corrected chi connectivity index (χ3v) is 4.25. The molecule has 0 unspecified atom stereocenters. The molecule has 0 saturated heterocycles. The summed E-state index contributed by atoms with van der Waals surface area (Å²) in [5.41, 5.74) is 3.21. The lowest BCUT2D eigenvalue weighted by Crippen LogP contribution is -2.30. The molecule has 3 aromatic rings. The molecule has 7 heteroatoms. The van der Waals surface area contributed by atoms with Crippen molar-refractivity contribution < 1.29 is 13.7 Å². The van der Waals surface area contributed by atoms with Gasteiger partial charge in [0.25, 0.3) is 0 Å². The van der Waals surface area contributed by atoms with Crippen LogP contribution in [0.3, 0.4) is 0 Å². The van der Waals surface area contributed by atoms with Gasteiger partial charge in [0.1, 0.15) is 29.4 Å². The smallest absolute Gasteiger partial charge is 0.144 e. The molecule has 0 radical (unpaired) electrons. The maximum atomic E-state index is 13.6. The molecule has 25 heavy (non-hydrogen) atoms. The summed E-state index contributed by atoms with van der Waals surface area (Å²) >= 11 is 0. The average molecular weight is 340 g/mol. The molecule has 0 saturated carbocycles. The minimum atomic E-state index is -0.290. The minimum Gasteiger partial charge on any atom is -0.378 e. The van der Waals surface area contributed by atoms with Gasteiger partial charge in [-0.2, -0.15) is 0 Å². The normalized spacial score (nSPS) is 13.8. The van der Waals surface area contributed by atoms with Crippen LogP contribution in [-0.4, -0.2) is 28.8 Å². The summed E-state index contributed by atoms with van der Waals surface area (Å²) in [7, 11) is 1.64. The molecule has 4 rings (SSSR count). The van der Waals surface area contributed by atoms with Gasteiger partial charge in [0, 0.05) is 37.3 Å². The zero-order chi connectivity index (χ0) is 17.2. The van der Waals surface area contributed by atoms with E-state index in [1.54, 1.807) is 19.5 Å². The van der Waals surface area contributed by atoms with E-state index < -0.39 is 0 Å². The highest BCUT2D eigenvalue weighted by Crippen LogP contribution is 2.31. The van der Waals surface area contributed by atoms with Crippen LogP contribution in [0.15, 0.2) is 41.2 Å². The van der Waals surface area contributed by atoms with Crippen LogP contribution in [-0.2, 0) is 24.3 Å². The lowest BCUT2D eigenvalue weighted by molar-refractivity contribution is 0.181. The Balaban J connectivity index is 1.65. The van der Waals surface area contributed by atoms with E-state index in [9.17, 15) is 4.39 Å². The van der Waals surface area contributed by atoms with Crippen LogP contribution in [0, 0.1) is 5.82 Å². The maximum Gasteiger partial charge on any atom is 0.144 e. The van der Waals surface area contributed by atoms with Crippen molar-refractivity contribution in [3.05, 3.63) is 59.5 Å². The molecule has 0 bridgehead atoms. The van der Waals surface area contributed by atoms with Crippen LogP contribution in [0.5, 0.6) is 0 Å². The number of rotatable bonds is 4. The third-order valence-electron chi connectivity index (χ3n) is 4.25. The molecule has 2 aromatic heterocycles. The highest BCUT2D eigenvalue weighted by atomic mass is 19.1. The van der Waals surface area contributed by atoms with E-state index in [1.807, 2.05) is 12.1 Å². The summed E-state index contributed by atoms with van der Waals surface area (Å²) in [6.45, 7) is 1.82. The van der Waals surface area contributed by atoms with Crippen LogP contribution in [0.1, 0.15) is 17.0 Å². The van der Waals surface area contributed by atoms with Gasteiger partial charge < -0.3 is 14.2 Å². The monoisotopic (exact) mass is 340 g/mol. The first-order chi connectivity index (χ1) is 12.2. The van der Waals surface area contributed by atoms with Gasteiger partial charge in [-0.1, -0.05) is 17.3 Å². The van der Waals surface area contributed by atoms with Crippen LogP contribution in [0.4, 0.5) is 10.2 Å². The number of hydrogen-bond donors (Lipinski definition) is 0. The van der Waals surface area contributed by atoms with Gasteiger partial charge in [-0.25, -0.2) is 14.4 Å². The second kappa shape index (κ2) is 6.60. The third kappa shape index (κ3) is 3.10. The minimum absolute atomic E-state index is 0.290. The molecule has 0 amide bonds. The predicted molar refractivity (Wildman–Crippen MR) is 89.4 cm³/mol. The second-order valence-electron chi connectivity index (χ2n) is 5.92. The Kier molecular flexibility index (Phi) is 4.15. The molecule has 0 fully saturated rings. The van der Waals surface area contributed by atoms with E-state index in [0.717, 1.165) is 41.4 Å². The molecule has 1 aromatic carbocycles. The molecule has 128 valence electrons. The fourth-order valence-electron chi connectivity index (χ4n) is 3.05. The van der Waals surface area contributed by atoms with Crippen molar-refractivity contribution in [2.24, 2.45) is 0 Å². The Labute approximate surface area is 144 Å². The Morgan fingerprint density at radius 3 is 3.04 bits per heavy atom. The molecule has 0 N–H and O–H groups in total. The molecule has 1 aliphatic rings. The zero-order valence-corrected chi connectivity index (χ0v) is 13.8. The predicted octanol–water partition coefficient (Wildman–Crippen LogP) is 2.98. The maximum absolute atomic E-state index is 13.6. The van der Waals surface area contributed by atoms with Gasteiger partial charge in [0.2, 0.25) is 0 Å². The van der Waals surface area contributed by atoms with Crippen molar-refractivity contribution in [3.63, 3.8) is 0 Å². The van der Waals surface area contributed by atoms with E-state index in [1.165, 1.54) is 12.1 Å². The molecule has 0 aliphatic carbocycles. The Morgan fingerprint density at radius 1 is 1.28 bits per heavy atom. The molecular formula is C18H17FN4O2. The number of ether oxygens (including phenoxy) is 1. The van der Waals surface area contributed by atoms with Gasteiger partial charge in [-0.05, 0) is 12.1 Å². The number of methoxy groups -OCH3 is 1. The van der Waals surface area contributed by atoms with E-state index in [-0.39, 0.29) is 5.82 Å². The summed E-state index contributed by atoms with van der Waals surface area (Å²) in [4.78, 5) is 10.7. The first-order valence-corrected chi connectivity index (χ1v) is 8.03. The lowest BCUT2D eigenvalue weighted by Gasteiger charge is -2.27. The largest absolute Gasteiger partial charge is 0.378 e. The summed E-state index contributed by atoms with van der Waals surface area (Å²) in [6.07, 6.45) is 2.27. The number of nitrogens with zero attached hydrogens (tertiary/aromatic N) is 4. The fraction of sp³-hybridized carbons (Fsp3) is 0.278. The number of benzene rings is 1. The summed E-state index contributed by atoms with van der Waals surface area (Å²) in [5.74, 6) is 1.39. The van der Waals surface area contributed by atoms with Crippen molar-refractivity contribution in [3.8, 4) is 11.3 Å². The van der Waals surface area contributed by atoms with E-state index >= 15 is 0 Å². The second-order valence-corrected chi connectivity index (χ2v) is 5.92. The number of aromatic nitrogens is 3. The highest BCUT2D eigenvalue weighted by molar-refractivity contribution is 5.65. The Hall–Kier alpha value is -2.80. The van der Waals surface area contributed by atoms with Crippen LogP contribution >= 0.6 is 0 Å². The van der Waals surface area contributed by atoms with Crippen molar-refractivity contribution in [1.29, 1.82) is 0 Å². The average Bonchev–Trinajstić information content (AvgIpc) is 3.05.